The van der Waals surface area contributed by atoms with Crippen molar-refractivity contribution >= 4 is 43.9 Å². The van der Waals surface area contributed by atoms with E-state index in [9.17, 15) is 0 Å². The van der Waals surface area contributed by atoms with Crippen molar-refractivity contribution in [1.29, 1.82) is 0 Å². The van der Waals surface area contributed by atoms with Crippen LogP contribution in [0.5, 0.6) is 0 Å². The Bertz CT molecular complexity index is 3320. The molecule has 0 amide bonds. The second kappa shape index (κ2) is 12.2. The fraction of sp³-hybridized carbons (Fsp3) is 0.0189. The van der Waals surface area contributed by atoms with Gasteiger partial charge in [0.2, 0.25) is 0 Å². The molecule has 0 saturated carbocycles. The fourth-order valence-electron chi connectivity index (χ4n) is 9.37. The van der Waals surface area contributed by atoms with Gasteiger partial charge in [-0.15, -0.1) is 0 Å². The van der Waals surface area contributed by atoms with E-state index in [-0.39, 0.29) is 0 Å². The van der Waals surface area contributed by atoms with Gasteiger partial charge >= 0.3 is 0 Å². The van der Waals surface area contributed by atoms with Gasteiger partial charge in [0.1, 0.15) is 22.3 Å². The maximum atomic E-state index is 6.60. The summed E-state index contributed by atoms with van der Waals surface area (Å²) in [6, 6.07) is 68.5. The largest absolute Gasteiger partial charge is 0.456 e. The molecule has 0 fully saturated rings. The number of furan rings is 2. The Balaban J connectivity index is 1.16. The van der Waals surface area contributed by atoms with Gasteiger partial charge in [-0.3, -0.25) is 0 Å². The van der Waals surface area contributed by atoms with Gasteiger partial charge in [-0.05, 0) is 75.8 Å². The summed E-state index contributed by atoms with van der Waals surface area (Å²) in [6.45, 7) is 0. The first kappa shape index (κ1) is 31.8. The van der Waals surface area contributed by atoms with Gasteiger partial charge in [-0.2, -0.15) is 0 Å². The molecule has 0 radical (unpaired) electrons. The summed E-state index contributed by atoms with van der Waals surface area (Å²) in [6.07, 6.45) is 0. The molecule has 0 unspecified atom stereocenters. The summed E-state index contributed by atoms with van der Waals surface area (Å²) in [5.74, 6) is 0.629. The average Bonchev–Trinajstić information content (AvgIpc) is 3.95. The lowest BCUT2D eigenvalue weighted by molar-refractivity contribution is 0.669. The third-order valence-electron chi connectivity index (χ3n) is 11.8. The van der Waals surface area contributed by atoms with Crippen LogP contribution >= 0.6 is 0 Å². The zero-order valence-electron chi connectivity index (χ0n) is 30.7. The summed E-state index contributed by atoms with van der Waals surface area (Å²) in [4.78, 5) is 10.8. The standard InChI is InChI=1S/C53H32N2O2/c1-3-15-34(16-4-1)53(35-17-5-2-6-18-35)43-25-10-7-21-39(43)50-40(23-14-26-44(50)53)45-32-46(41-24-13-22-38-36-19-8-12-28-48(36)57-51(38)41)55-52(54-45)33-29-30-49-42(31-33)37-20-9-11-27-47(37)56-49/h1-32H. The molecule has 1 aliphatic carbocycles. The van der Waals surface area contributed by atoms with Crippen LogP contribution in [0.25, 0.3) is 88.9 Å². The lowest BCUT2D eigenvalue weighted by Gasteiger charge is -2.33. The van der Waals surface area contributed by atoms with Crippen LogP contribution < -0.4 is 0 Å². The number of nitrogens with zero attached hydrogens (tertiary/aromatic N) is 2. The molecular formula is C53H32N2O2. The van der Waals surface area contributed by atoms with Crippen LogP contribution in [-0.4, -0.2) is 9.97 Å². The van der Waals surface area contributed by atoms with Crippen molar-refractivity contribution in [1.82, 2.24) is 9.97 Å². The molecule has 4 heteroatoms. The second-order valence-electron chi connectivity index (χ2n) is 14.8. The van der Waals surface area contributed by atoms with Crippen LogP contribution in [0.1, 0.15) is 22.3 Å². The van der Waals surface area contributed by atoms with Crippen LogP contribution in [0.4, 0.5) is 0 Å². The van der Waals surface area contributed by atoms with Crippen LogP contribution in [0.2, 0.25) is 0 Å². The lowest BCUT2D eigenvalue weighted by atomic mass is 9.67. The highest BCUT2D eigenvalue weighted by Gasteiger charge is 2.46. The summed E-state index contributed by atoms with van der Waals surface area (Å²) < 4.78 is 12.8. The van der Waals surface area contributed by atoms with Crippen LogP contribution in [0.3, 0.4) is 0 Å². The molecule has 0 N–H and O–H groups in total. The smallest absolute Gasteiger partial charge is 0.160 e. The lowest BCUT2D eigenvalue weighted by Crippen LogP contribution is -2.28. The Kier molecular flexibility index (Phi) is 6.81. The SMILES string of the molecule is c1ccc(C2(c3ccccc3)c3ccccc3-c3c(-c4cc(-c5cccc6c5oc5ccccc56)nc(-c5ccc6oc7ccccc7c6c5)n4)cccc32)cc1. The molecule has 4 nitrogen and oxygen atoms in total. The van der Waals surface area contributed by atoms with E-state index >= 15 is 0 Å². The highest BCUT2D eigenvalue weighted by molar-refractivity contribution is 6.10. The number of para-hydroxylation sites is 3. The van der Waals surface area contributed by atoms with Crippen molar-refractivity contribution in [3.63, 3.8) is 0 Å². The highest BCUT2D eigenvalue weighted by atomic mass is 16.3. The molecule has 266 valence electrons. The van der Waals surface area contributed by atoms with Gasteiger partial charge in [-0.25, -0.2) is 9.97 Å². The second-order valence-corrected chi connectivity index (χ2v) is 14.8. The van der Waals surface area contributed by atoms with Gasteiger partial charge in [0.15, 0.2) is 5.82 Å². The third kappa shape index (κ3) is 4.62. The Morgan fingerprint density at radius 2 is 0.912 bits per heavy atom. The molecule has 0 saturated heterocycles. The van der Waals surface area contributed by atoms with E-state index < -0.39 is 5.41 Å². The first-order chi connectivity index (χ1) is 28.3. The third-order valence-corrected chi connectivity index (χ3v) is 11.8. The van der Waals surface area contributed by atoms with E-state index in [2.05, 4.69) is 158 Å². The predicted molar refractivity (Wildman–Crippen MR) is 230 cm³/mol. The molecule has 0 bridgehead atoms. The summed E-state index contributed by atoms with van der Waals surface area (Å²) >= 11 is 0. The molecule has 3 aromatic heterocycles. The maximum absolute atomic E-state index is 6.60. The number of fused-ring (bicyclic) bond motifs is 9. The Hall–Kier alpha value is -7.56. The quantitative estimate of drug-likeness (QED) is 0.177. The predicted octanol–water partition coefficient (Wildman–Crippen LogP) is 13.6. The molecule has 1 aliphatic rings. The van der Waals surface area contributed by atoms with E-state index in [1.54, 1.807) is 0 Å². The van der Waals surface area contributed by atoms with Crippen molar-refractivity contribution in [3.05, 3.63) is 216 Å². The molecule has 12 rings (SSSR count). The van der Waals surface area contributed by atoms with E-state index in [1.807, 2.05) is 36.4 Å². The minimum Gasteiger partial charge on any atom is -0.456 e. The van der Waals surface area contributed by atoms with E-state index in [0.717, 1.165) is 72.0 Å². The first-order valence-corrected chi connectivity index (χ1v) is 19.3. The van der Waals surface area contributed by atoms with Gasteiger partial charge < -0.3 is 8.83 Å². The molecule has 8 aromatic carbocycles. The Morgan fingerprint density at radius 1 is 0.368 bits per heavy atom. The Morgan fingerprint density at radius 3 is 1.68 bits per heavy atom. The first-order valence-electron chi connectivity index (χ1n) is 19.3. The molecular weight excluding hydrogens is 697 g/mol. The minimum absolute atomic E-state index is 0.531. The van der Waals surface area contributed by atoms with Gasteiger partial charge in [-0.1, -0.05) is 152 Å². The number of benzene rings is 8. The molecule has 57 heavy (non-hydrogen) atoms. The molecule has 0 atom stereocenters. The minimum atomic E-state index is -0.531. The van der Waals surface area contributed by atoms with E-state index in [0.29, 0.717) is 5.82 Å². The van der Waals surface area contributed by atoms with Crippen molar-refractivity contribution in [2.45, 2.75) is 5.41 Å². The molecule has 0 spiro atoms. The summed E-state index contributed by atoms with van der Waals surface area (Å²) in [5, 5.41) is 4.23. The highest BCUT2D eigenvalue weighted by Crippen LogP contribution is 2.58. The monoisotopic (exact) mass is 728 g/mol. The van der Waals surface area contributed by atoms with Crippen molar-refractivity contribution in [3.8, 4) is 45.0 Å². The number of hydrogen-bond acceptors (Lipinski definition) is 4. The number of aromatic nitrogens is 2. The van der Waals surface area contributed by atoms with Crippen LogP contribution in [0.15, 0.2) is 203 Å². The number of hydrogen-bond donors (Lipinski definition) is 0. The van der Waals surface area contributed by atoms with Crippen molar-refractivity contribution < 1.29 is 8.83 Å². The molecule has 3 heterocycles. The van der Waals surface area contributed by atoms with Crippen molar-refractivity contribution in [2.24, 2.45) is 0 Å². The van der Waals surface area contributed by atoms with Crippen molar-refractivity contribution in [2.75, 3.05) is 0 Å². The maximum Gasteiger partial charge on any atom is 0.160 e. The fourth-order valence-corrected chi connectivity index (χ4v) is 9.37. The van der Waals surface area contributed by atoms with E-state index in [1.165, 1.54) is 33.4 Å². The normalized spacial score (nSPS) is 13.1. The Labute approximate surface area is 328 Å². The summed E-state index contributed by atoms with van der Waals surface area (Å²) in [5.41, 5.74) is 14.6. The number of rotatable bonds is 5. The average molecular weight is 729 g/mol. The zero-order chi connectivity index (χ0) is 37.5. The zero-order valence-corrected chi connectivity index (χ0v) is 30.7. The molecule has 0 aliphatic heterocycles. The topological polar surface area (TPSA) is 52.1 Å². The van der Waals surface area contributed by atoms with Gasteiger partial charge in [0.25, 0.3) is 0 Å². The van der Waals surface area contributed by atoms with E-state index in [4.69, 9.17) is 18.8 Å². The van der Waals surface area contributed by atoms with Crippen LogP contribution in [-0.2, 0) is 5.41 Å². The van der Waals surface area contributed by atoms with Gasteiger partial charge in [0.05, 0.1) is 16.8 Å². The summed E-state index contributed by atoms with van der Waals surface area (Å²) in [7, 11) is 0. The van der Waals surface area contributed by atoms with Gasteiger partial charge in [0, 0.05) is 38.2 Å². The van der Waals surface area contributed by atoms with Crippen LogP contribution in [0, 0.1) is 0 Å². The molecule has 11 aromatic rings.